The lowest BCUT2D eigenvalue weighted by Gasteiger charge is -2.39. The first-order valence-electron chi connectivity index (χ1n) is 11.6. The van der Waals surface area contributed by atoms with E-state index in [4.69, 9.17) is 4.98 Å². The van der Waals surface area contributed by atoms with Crippen molar-refractivity contribution in [1.29, 1.82) is 0 Å². The second-order valence-corrected chi connectivity index (χ2v) is 10.1. The molecule has 1 aromatic heterocycles. The summed E-state index contributed by atoms with van der Waals surface area (Å²) in [6.07, 6.45) is 4.82. The van der Waals surface area contributed by atoms with E-state index in [1.807, 2.05) is 24.3 Å². The van der Waals surface area contributed by atoms with Gasteiger partial charge < -0.3 is 9.90 Å². The molecule has 0 saturated carbocycles. The molecule has 0 aliphatic heterocycles. The molecule has 4 rings (SSSR count). The average Bonchev–Trinajstić information content (AvgIpc) is 2.77. The Morgan fingerprint density at radius 1 is 1.12 bits per heavy atom. The molecule has 1 aliphatic rings. The number of rotatable bonds is 5. The third-order valence-electron chi connectivity index (χ3n) is 7.38. The molecular weight excluding hydrogens is 394 g/mol. The Balaban J connectivity index is 1.93. The van der Waals surface area contributed by atoms with E-state index in [-0.39, 0.29) is 5.41 Å². The van der Waals surface area contributed by atoms with Crippen LogP contribution in [0.1, 0.15) is 86.1 Å². The standard InChI is InChI=1S/C29H33NO2/c1-6-29(4,5)22-16-21(15-19-11-13-20(14-12-19)18(2)3)27-24(17-22)26(28(31)32)23-9-7-8-10-25(23)30-27/h7-15,18,22H,6,16-17H2,1-5H3,(H,31,32)/p-1/b21-15+/t22-/m0/s1. The van der Waals surface area contributed by atoms with Crippen molar-refractivity contribution < 1.29 is 9.90 Å². The number of hydrogen-bond acceptors (Lipinski definition) is 3. The largest absolute Gasteiger partial charge is 0.545 e. The van der Waals surface area contributed by atoms with Gasteiger partial charge in [-0.2, -0.15) is 0 Å². The number of carboxylic acids is 1. The fourth-order valence-electron chi connectivity index (χ4n) is 4.78. The summed E-state index contributed by atoms with van der Waals surface area (Å²) < 4.78 is 0. The van der Waals surface area contributed by atoms with Crippen LogP contribution in [-0.2, 0) is 6.42 Å². The van der Waals surface area contributed by atoms with Crippen LogP contribution in [0.4, 0.5) is 0 Å². The van der Waals surface area contributed by atoms with Gasteiger partial charge in [0.1, 0.15) is 0 Å². The maximum absolute atomic E-state index is 12.3. The molecule has 3 aromatic rings. The molecule has 32 heavy (non-hydrogen) atoms. The second-order valence-electron chi connectivity index (χ2n) is 10.1. The van der Waals surface area contributed by atoms with Gasteiger partial charge in [0.2, 0.25) is 0 Å². The third-order valence-corrected chi connectivity index (χ3v) is 7.38. The van der Waals surface area contributed by atoms with Crippen molar-refractivity contribution in [3.05, 3.63) is 76.5 Å². The zero-order valence-electron chi connectivity index (χ0n) is 19.7. The van der Waals surface area contributed by atoms with Gasteiger partial charge in [0.25, 0.3) is 0 Å². The zero-order valence-corrected chi connectivity index (χ0v) is 19.7. The van der Waals surface area contributed by atoms with Gasteiger partial charge in [0.15, 0.2) is 0 Å². The van der Waals surface area contributed by atoms with Crippen molar-refractivity contribution >= 4 is 28.5 Å². The van der Waals surface area contributed by atoms with E-state index in [2.05, 4.69) is 65.0 Å². The fourth-order valence-corrected chi connectivity index (χ4v) is 4.78. The van der Waals surface area contributed by atoms with Crippen molar-refractivity contribution in [3.8, 4) is 0 Å². The van der Waals surface area contributed by atoms with E-state index in [0.29, 0.717) is 34.7 Å². The number of para-hydroxylation sites is 1. The van der Waals surface area contributed by atoms with E-state index in [9.17, 15) is 9.90 Å². The second kappa shape index (κ2) is 8.54. The van der Waals surface area contributed by atoms with Crippen molar-refractivity contribution in [2.75, 3.05) is 0 Å². The Bertz CT molecular complexity index is 1190. The first kappa shape index (κ1) is 22.3. The molecule has 3 nitrogen and oxygen atoms in total. The van der Waals surface area contributed by atoms with Gasteiger partial charge in [-0.05, 0) is 64.5 Å². The topological polar surface area (TPSA) is 53.0 Å². The molecule has 1 aliphatic carbocycles. The lowest BCUT2D eigenvalue weighted by molar-refractivity contribution is -0.254. The number of fused-ring (bicyclic) bond motifs is 2. The summed E-state index contributed by atoms with van der Waals surface area (Å²) >= 11 is 0. The maximum Gasteiger partial charge on any atom is 0.0725 e. The molecule has 1 heterocycles. The highest BCUT2D eigenvalue weighted by Crippen LogP contribution is 2.46. The van der Waals surface area contributed by atoms with Crippen LogP contribution in [0, 0.1) is 11.3 Å². The van der Waals surface area contributed by atoms with Gasteiger partial charge in [-0.15, -0.1) is 0 Å². The molecule has 1 atom stereocenters. The molecule has 0 saturated heterocycles. The van der Waals surface area contributed by atoms with E-state index < -0.39 is 5.97 Å². The quantitative estimate of drug-likeness (QED) is 0.484. The Hall–Kier alpha value is -2.94. The molecule has 0 radical (unpaired) electrons. The van der Waals surface area contributed by atoms with E-state index in [1.165, 1.54) is 5.56 Å². The molecule has 0 unspecified atom stereocenters. The van der Waals surface area contributed by atoms with Gasteiger partial charge in [-0.3, -0.25) is 0 Å². The predicted octanol–water partition coefficient (Wildman–Crippen LogP) is 6.26. The molecule has 2 aromatic carbocycles. The van der Waals surface area contributed by atoms with Crippen LogP contribution in [-0.4, -0.2) is 11.0 Å². The molecule has 0 bridgehead atoms. The van der Waals surface area contributed by atoms with Crippen molar-refractivity contribution in [1.82, 2.24) is 4.98 Å². The Kier molecular flexibility index (Phi) is 5.94. The zero-order chi connectivity index (χ0) is 23.0. The van der Waals surface area contributed by atoms with Crippen LogP contribution < -0.4 is 5.11 Å². The minimum Gasteiger partial charge on any atom is -0.545 e. The number of hydrogen-bond donors (Lipinski definition) is 0. The molecule has 0 spiro atoms. The molecular formula is C29H32NO2-. The first-order chi connectivity index (χ1) is 15.2. The molecule has 3 heteroatoms. The summed E-state index contributed by atoms with van der Waals surface area (Å²) in [5.74, 6) is -0.293. The smallest absolute Gasteiger partial charge is 0.0725 e. The summed E-state index contributed by atoms with van der Waals surface area (Å²) in [5.41, 5.74) is 6.30. The number of pyridine rings is 1. The molecule has 0 fully saturated rings. The number of benzene rings is 2. The SMILES string of the molecule is CCC(C)(C)[C@H]1C/C(=C\c2ccc(C(C)C)cc2)c2nc3ccccc3c(C(=O)[O-])c2C1. The van der Waals surface area contributed by atoms with Gasteiger partial charge >= 0.3 is 0 Å². The van der Waals surface area contributed by atoms with E-state index >= 15 is 0 Å². The highest BCUT2D eigenvalue weighted by molar-refractivity contribution is 6.05. The predicted molar refractivity (Wildman–Crippen MR) is 130 cm³/mol. The molecule has 0 N–H and O–H groups in total. The summed E-state index contributed by atoms with van der Waals surface area (Å²) in [6, 6.07) is 16.2. The van der Waals surface area contributed by atoms with E-state index in [0.717, 1.165) is 35.2 Å². The lowest BCUT2D eigenvalue weighted by Crippen LogP contribution is -2.32. The Labute approximate surface area is 191 Å². The Morgan fingerprint density at radius 2 is 1.81 bits per heavy atom. The van der Waals surface area contributed by atoms with Gasteiger partial charge in [-0.1, -0.05) is 83.5 Å². The first-order valence-corrected chi connectivity index (χ1v) is 11.6. The number of aromatic carboxylic acids is 1. The summed E-state index contributed by atoms with van der Waals surface area (Å²) in [7, 11) is 0. The van der Waals surface area contributed by atoms with Gasteiger partial charge in [0.05, 0.1) is 17.2 Å². The third kappa shape index (κ3) is 4.09. The summed E-state index contributed by atoms with van der Waals surface area (Å²) in [5, 5.41) is 13.0. The molecule has 166 valence electrons. The maximum atomic E-state index is 12.3. The van der Waals surface area contributed by atoms with Crippen LogP contribution in [0.25, 0.3) is 22.6 Å². The minimum atomic E-state index is -1.12. The van der Waals surface area contributed by atoms with Crippen molar-refractivity contribution in [3.63, 3.8) is 0 Å². The van der Waals surface area contributed by atoms with Gasteiger partial charge in [-0.25, -0.2) is 4.98 Å². The highest BCUT2D eigenvalue weighted by atomic mass is 16.4. The fraction of sp³-hybridized carbons (Fsp3) is 0.379. The lowest BCUT2D eigenvalue weighted by atomic mass is 9.67. The number of allylic oxidation sites excluding steroid dienone is 1. The number of carbonyl (C=O) groups is 1. The Morgan fingerprint density at radius 3 is 2.44 bits per heavy atom. The van der Waals surface area contributed by atoms with Gasteiger partial charge in [0, 0.05) is 10.9 Å². The van der Waals surface area contributed by atoms with Crippen LogP contribution in [0.5, 0.6) is 0 Å². The number of nitrogens with zero attached hydrogens (tertiary/aromatic N) is 1. The number of carboxylic acid groups (broad SMARTS) is 1. The average molecular weight is 427 g/mol. The van der Waals surface area contributed by atoms with Crippen LogP contribution >= 0.6 is 0 Å². The normalized spacial score (nSPS) is 17.7. The number of aromatic nitrogens is 1. The van der Waals surface area contributed by atoms with Crippen LogP contribution in [0.2, 0.25) is 0 Å². The van der Waals surface area contributed by atoms with Crippen molar-refractivity contribution in [2.45, 2.75) is 59.8 Å². The summed E-state index contributed by atoms with van der Waals surface area (Å²) in [4.78, 5) is 17.3. The monoisotopic (exact) mass is 426 g/mol. The highest BCUT2D eigenvalue weighted by Gasteiger charge is 2.35. The number of carbonyl (C=O) groups excluding carboxylic acids is 1. The van der Waals surface area contributed by atoms with E-state index in [1.54, 1.807) is 0 Å². The van der Waals surface area contributed by atoms with Crippen molar-refractivity contribution in [2.24, 2.45) is 11.3 Å². The minimum absolute atomic E-state index is 0.0904. The van der Waals surface area contributed by atoms with Crippen LogP contribution in [0.15, 0.2) is 48.5 Å². The molecule has 0 amide bonds. The van der Waals surface area contributed by atoms with Crippen LogP contribution in [0.3, 0.4) is 0 Å². The summed E-state index contributed by atoms with van der Waals surface area (Å²) in [6.45, 7) is 11.2.